The summed E-state index contributed by atoms with van der Waals surface area (Å²) in [5, 5.41) is 2.29. The highest BCUT2D eigenvalue weighted by Crippen LogP contribution is 2.32. The average molecular weight is 239 g/mol. The molecular weight excluding hydrogens is 230 g/mol. The Labute approximate surface area is 103 Å². The Balaban J connectivity index is 2.26. The van der Waals surface area contributed by atoms with E-state index < -0.39 is 0 Å². The van der Waals surface area contributed by atoms with Gasteiger partial charge in [-0.25, -0.2) is 0 Å². The molecule has 0 radical (unpaired) electrons. The van der Waals surface area contributed by atoms with E-state index in [2.05, 4.69) is 17.1 Å². The van der Waals surface area contributed by atoms with Gasteiger partial charge in [-0.15, -0.1) is 11.3 Å². The van der Waals surface area contributed by atoms with E-state index in [4.69, 9.17) is 0 Å². The first kappa shape index (κ1) is 10.2. The second-order valence-electron chi connectivity index (χ2n) is 3.72. The third-order valence-electron chi connectivity index (χ3n) is 2.69. The average Bonchev–Trinajstić information content (AvgIpc) is 2.87. The second-order valence-corrected chi connectivity index (χ2v) is 4.84. The number of nitrogens with zero attached hydrogens (tertiary/aromatic N) is 1. The highest BCUT2D eigenvalue weighted by molar-refractivity contribution is 7.17. The van der Waals surface area contributed by atoms with Crippen LogP contribution in [-0.2, 0) is 0 Å². The van der Waals surface area contributed by atoms with Crippen molar-refractivity contribution in [2.75, 3.05) is 0 Å². The number of carbonyl (C=O) groups is 1. The van der Waals surface area contributed by atoms with Gasteiger partial charge in [-0.2, -0.15) is 0 Å². The number of hydrogen-bond acceptors (Lipinski definition) is 3. The molecule has 0 amide bonds. The molecule has 0 spiro atoms. The van der Waals surface area contributed by atoms with Gasteiger partial charge >= 0.3 is 0 Å². The molecule has 2 aromatic heterocycles. The van der Waals surface area contributed by atoms with Crippen molar-refractivity contribution in [1.29, 1.82) is 0 Å². The van der Waals surface area contributed by atoms with Crippen molar-refractivity contribution in [1.82, 2.24) is 4.98 Å². The summed E-state index contributed by atoms with van der Waals surface area (Å²) in [5.74, 6) is 0. The van der Waals surface area contributed by atoms with Crippen LogP contribution in [0.2, 0.25) is 0 Å². The van der Waals surface area contributed by atoms with Crippen LogP contribution >= 0.6 is 11.3 Å². The fraction of sp³-hybridized carbons (Fsp3) is 0. The molecule has 2 heterocycles. The smallest absolute Gasteiger partial charge is 0.160 e. The summed E-state index contributed by atoms with van der Waals surface area (Å²) in [6.45, 7) is 0. The quantitative estimate of drug-likeness (QED) is 0.637. The number of rotatable bonds is 2. The third kappa shape index (κ3) is 1.74. The molecular formula is C14H9NOS. The Morgan fingerprint density at radius 1 is 1.12 bits per heavy atom. The number of pyridine rings is 1. The monoisotopic (exact) mass is 239 g/mol. The number of thiophene rings is 1. The third-order valence-corrected chi connectivity index (χ3v) is 3.74. The summed E-state index contributed by atoms with van der Waals surface area (Å²) < 4.78 is 0. The molecule has 0 bridgehead atoms. The normalized spacial score (nSPS) is 10.6. The highest BCUT2D eigenvalue weighted by Gasteiger charge is 2.06. The van der Waals surface area contributed by atoms with Crippen LogP contribution in [-0.4, -0.2) is 11.3 Å². The van der Waals surface area contributed by atoms with E-state index in [9.17, 15) is 4.79 Å². The molecule has 0 aliphatic heterocycles. The molecule has 0 unspecified atom stereocenters. The van der Waals surface area contributed by atoms with Crippen LogP contribution in [0.3, 0.4) is 0 Å². The summed E-state index contributed by atoms with van der Waals surface area (Å²) in [6, 6.07) is 12.0. The van der Waals surface area contributed by atoms with Gasteiger partial charge in [-0.1, -0.05) is 18.2 Å². The van der Waals surface area contributed by atoms with E-state index in [-0.39, 0.29) is 0 Å². The maximum Gasteiger partial charge on any atom is 0.160 e. The second kappa shape index (κ2) is 4.11. The van der Waals surface area contributed by atoms with E-state index in [0.717, 1.165) is 27.0 Å². The van der Waals surface area contributed by atoms with Crippen molar-refractivity contribution < 1.29 is 4.79 Å². The van der Waals surface area contributed by atoms with Crippen LogP contribution < -0.4 is 0 Å². The Morgan fingerprint density at radius 2 is 2.06 bits per heavy atom. The zero-order chi connectivity index (χ0) is 11.7. The van der Waals surface area contributed by atoms with Crippen LogP contribution in [0.25, 0.3) is 21.2 Å². The van der Waals surface area contributed by atoms with Crippen LogP contribution in [0.4, 0.5) is 0 Å². The Morgan fingerprint density at radius 3 is 2.88 bits per heavy atom. The van der Waals surface area contributed by atoms with E-state index in [0.29, 0.717) is 0 Å². The summed E-state index contributed by atoms with van der Waals surface area (Å²) in [7, 11) is 0. The molecule has 1 aromatic carbocycles. The molecule has 0 aliphatic carbocycles. The van der Waals surface area contributed by atoms with Crippen LogP contribution in [0.5, 0.6) is 0 Å². The van der Waals surface area contributed by atoms with Gasteiger partial charge in [0.2, 0.25) is 0 Å². The molecule has 3 aromatic rings. The molecule has 0 saturated carbocycles. The van der Waals surface area contributed by atoms with Crippen molar-refractivity contribution in [2.45, 2.75) is 0 Å². The van der Waals surface area contributed by atoms with Crippen molar-refractivity contribution in [3.63, 3.8) is 0 Å². The van der Waals surface area contributed by atoms with Gasteiger partial charge < -0.3 is 0 Å². The topological polar surface area (TPSA) is 30.0 Å². The summed E-state index contributed by atoms with van der Waals surface area (Å²) >= 11 is 1.50. The molecule has 0 fully saturated rings. The molecule has 82 valence electrons. The van der Waals surface area contributed by atoms with Gasteiger partial charge in [0.05, 0.1) is 4.88 Å². The first-order valence-corrected chi connectivity index (χ1v) is 6.08. The standard InChI is InChI=1S/C14H9NOS/c16-9-11-4-5-14(17-11)12-3-1-2-10-6-7-15-8-13(10)12/h1-9H. The number of carbonyl (C=O) groups excluding carboxylic acids is 1. The predicted octanol–water partition coefficient (Wildman–Crippen LogP) is 3.78. The lowest BCUT2D eigenvalue weighted by molar-refractivity contribution is 0.112. The molecule has 3 rings (SSSR count). The first-order valence-electron chi connectivity index (χ1n) is 5.26. The van der Waals surface area contributed by atoms with Gasteiger partial charge in [0, 0.05) is 28.2 Å². The number of benzene rings is 1. The lowest BCUT2D eigenvalue weighted by atomic mass is 10.1. The van der Waals surface area contributed by atoms with Gasteiger partial charge in [0.25, 0.3) is 0 Å². The largest absolute Gasteiger partial charge is 0.297 e. The van der Waals surface area contributed by atoms with Gasteiger partial charge in [-0.3, -0.25) is 9.78 Å². The Bertz CT molecular complexity index is 682. The predicted molar refractivity (Wildman–Crippen MR) is 70.4 cm³/mol. The molecule has 0 saturated heterocycles. The Kier molecular flexibility index (Phi) is 2.46. The van der Waals surface area contributed by atoms with E-state index in [1.165, 1.54) is 16.7 Å². The molecule has 0 N–H and O–H groups in total. The van der Waals surface area contributed by atoms with Crippen LogP contribution in [0, 0.1) is 0 Å². The minimum absolute atomic E-state index is 0.751. The summed E-state index contributed by atoms with van der Waals surface area (Å²) in [5.41, 5.74) is 1.13. The van der Waals surface area contributed by atoms with Crippen molar-refractivity contribution in [3.8, 4) is 10.4 Å². The molecule has 3 heteroatoms. The van der Waals surface area contributed by atoms with E-state index in [1.807, 2.05) is 30.5 Å². The maximum atomic E-state index is 10.7. The molecule has 0 atom stereocenters. The SMILES string of the molecule is O=Cc1ccc(-c2cccc3ccncc23)s1. The molecule has 2 nitrogen and oxygen atoms in total. The van der Waals surface area contributed by atoms with Crippen molar-refractivity contribution in [2.24, 2.45) is 0 Å². The fourth-order valence-corrected chi connectivity index (χ4v) is 2.75. The minimum Gasteiger partial charge on any atom is -0.297 e. The van der Waals surface area contributed by atoms with E-state index in [1.54, 1.807) is 6.20 Å². The molecule has 17 heavy (non-hydrogen) atoms. The Hall–Kier alpha value is -2.00. The van der Waals surface area contributed by atoms with Gasteiger partial charge in [0.1, 0.15) is 0 Å². The van der Waals surface area contributed by atoms with E-state index >= 15 is 0 Å². The van der Waals surface area contributed by atoms with Crippen LogP contribution in [0.15, 0.2) is 48.8 Å². The highest BCUT2D eigenvalue weighted by atomic mass is 32.1. The van der Waals surface area contributed by atoms with Gasteiger partial charge in [0.15, 0.2) is 6.29 Å². The maximum absolute atomic E-state index is 10.7. The first-order chi connectivity index (χ1) is 8.38. The van der Waals surface area contributed by atoms with Crippen molar-refractivity contribution in [3.05, 3.63) is 53.7 Å². The lowest BCUT2D eigenvalue weighted by Gasteiger charge is -2.03. The van der Waals surface area contributed by atoms with Gasteiger partial charge in [-0.05, 0) is 23.6 Å². The minimum atomic E-state index is 0.751. The number of aldehydes is 1. The number of fused-ring (bicyclic) bond motifs is 1. The zero-order valence-electron chi connectivity index (χ0n) is 8.96. The van der Waals surface area contributed by atoms with Crippen LogP contribution in [0.1, 0.15) is 9.67 Å². The number of hydrogen-bond donors (Lipinski definition) is 0. The molecule has 0 aliphatic rings. The lowest BCUT2D eigenvalue weighted by Crippen LogP contribution is -1.79. The zero-order valence-corrected chi connectivity index (χ0v) is 9.78. The summed E-state index contributed by atoms with van der Waals surface area (Å²) in [4.78, 5) is 16.7. The fourth-order valence-electron chi connectivity index (χ4n) is 1.89. The number of aromatic nitrogens is 1. The summed E-state index contributed by atoms with van der Waals surface area (Å²) in [6.07, 6.45) is 4.54. The van der Waals surface area contributed by atoms with Crippen molar-refractivity contribution >= 4 is 28.4 Å².